The summed E-state index contributed by atoms with van der Waals surface area (Å²) >= 11 is 0. The van der Waals surface area contributed by atoms with Crippen LogP contribution >= 0.6 is 0 Å². The number of ether oxygens (including phenoxy) is 1. The van der Waals surface area contributed by atoms with Crippen LogP contribution in [0.5, 0.6) is 0 Å². The van der Waals surface area contributed by atoms with Crippen molar-refractivity contribution in [3.63, 3.8) is 0 Å². The average Bonchev–Trinajstić information content (AvgIpc) is 2.27. The van der Waals surface area contributed by atoms with Gasteiger partial charge in [-0.1, -0.05) is 0 Å². The van der Waals surface area contributed by atoms with Crippen LogP contribution in [0.4, 0.5) is 0 Å². The fourth-order valence-corrected chi connectivity index (χ4v) is 1.19. The van der Waals surface area contributed by atoms with Gasteiger partial charge in [0.05, 0.1) is 6.42 Å². The molecule has 0 atom stereocenters. The lowest BCUT2D eigenvalue weighted by atomic mass is 10.3. The molecule has 1 fully saturated rings. The first-order chi connectivity index (χ1) is 6.59. The zero-order valence-electron chi connectivity index (χ0n) is 8.12. The molecule has 0 bridgehead atoms. The molecule has 0 aromatic heterocycles. The Kier molecular flexibility index (Phi) is 3.62. The second-order valence-electron chi connectivity index (χ2n) is 3.24. The summed E-state index contributed by atoms with van der Waals surface area (Å²) in [5.41, 5.74) is 0. The van der Waals surface area contributed by atoms with Crippen LogP contribution in [0, 0.1) is 0 Å². The standard InChI is InChI=1S/C9H13NO4/c1-7(11)2-4-10-5-3-9(13)14-6-8(10)12/h2-6H2,1H3. The third-order valence-corrected chi connectivity index (χ3v) is 2.03. The Hall–Kier alpha value is -1.39. The number of nitrogens with zero attached hydrogens (tertiary/aromatic N) is 1. The molecule has 0 N–H and O–H groups in total. The lowest BCUT2D eigenvalue weighted by molar-refractivity contribution is -0.147. The molecule has 5 nitrogen and oxygen atoms in total. The van der Waals surface area contributed by atoms with E-state index >= 15 is 0 Å². The summed E-state index contributed by atoms with van der Waals surface area (Å²) in [7, 11) is 0. The van der Waals surface area contributed by atoms with Crippen LogP contribution in [0.15, 0.2) is 0 Å². The Labute approximate surface area is 82.0 Å². The molecule has 1 rings (SSSR count). The van der Waals surface area contributed by atoms with Gasteiger partial charge in [0.15, 0.2) is 6.61 Å². The van der Waals surface area contributed by atoms with Gasteiger partial charge in [-0.3, -0.25) is 14.4 Å². The van der Waals surface area contributed by atoms with Crippen molar-refractivity contribution in [2.24, 2.45) is 0 Å². The lowest BCUT2D eigenvalue weighted by Crippen LogP contribution is -2.34. The highest BCUT2D eigenvalue weighted by atomic mass is 16.5. The van der Waals surface area contributed by atoms with Gasteiger partial charge in [0.1, 0.15) is 5.78 Å². The van der Waals surface area contributed by atoms with E-state index < -0.39 is 0 Å². The van der Waals surface area contributed by atoms with Crippen LogP contribution in [0.3, 0.4) is 0 Å². The zero-order valence-corrected chi connectivity index (χ0v) is 8.12. The minimum absolute atomic E-state index is 0.0364. The Morgan fingerprint density at radius 2 is 2.21 bits per heavy atom. The number of ketones is 1. The molecular weight excluding hydrogens is 186 g/mol. The van der Waals surface area contributed by atoms with Gasteiger partial charge in [0.25, 0.3) is 5.91 Å². The summed E-state index contributed by atoms with van der Waals surface area (Å²) in [6.07, 6.45) is 0.545. The number of cyclic esters (lactones) is 1. The Morgan fingerprint density at radius 1 is 1.50 bits per heavy atom. The van der Waals surface area contributed by atoms with Gasteiger partial charge in [-0.15, -0.1) is 0 Å². The zero-order chi connectivity index (χ0) is 10.6. The first-order valence-corrected chi connectivity index (χ1v) is 4.52. The third kappa shape index (κ3) is 3.16. The smallest absolute Gasteiger partial charge is 0.308 e. The third-order valence-electron chi connectivity index (χ3n) is 2.03. The van der Waals surface area contributed by atoms with Gasteiger partial charge in [0.2, 0.25) is 0 Å². The minimum Gasteiger partial charge on any atom is -0.456 e. The molecular formula is C9H13NO4. The Balaban J connectivity index is 2.45. The van der Waals surface area contributed by atoms with Gasteiger partial charge >= 0.3 is 5.97 Å². The van der Waals surface area contributed by atoms with E-state index in [1.807, 2.05) is 0 Å². The summed E-state index contributed by atoms with van der Waals surface area (Å²) < 4.78 is 4.64. The van der Waals surface area contributed by atoms with Gasteiger partial charge in [-0.25, -0.2) is 0 Å². The molecule has 1 amide bonds. The van der Waals surface area contributed by atoms with Crippen molar-refractivity contribution in [1.82, 2.24) is 4.90 Å². The van der Waals surface area contributed by atoms with E-state index in [1.165, 1.54) is 11.8 Å². The average molecular weight is 199 g/mol. The summed E-state index contributed by atoms with van der Waals surface area (Å²) in [5, 5.41) is 0. The normalized spacial score (nSPS) is 17.6. The number of amides is 1. The van der Waals surface area contributed by atoms with Crippen LogP contribution in [0.1, 0.15) is 19.8 Å². The molecule has 0 aliphatic carbocycles. The highest BCUT2D eigenvalue weighted by Crippen LogP contribution is 2.03. The molecule has 1 saturated heterocycles. The highest BCUT2D eigenvalue weighted by molar-refractivity contribution is 5.83. The van der Waals surface area contributed by atoms with Crippen LogP contribution in [0.25, 0.3) is 0 Å². The predicted octanol–water partition coefficient (Wildman–Crippen LogP) is -0.259. The second kappa shape index (κ2) is 4.74. The molecule has 0 aromatic carbocycles. The van der Waals surface area contributed by atoms with E-state index in [9.17, 15) is 14.4 Å². The van der Waals surface area contributed by atoms with Crippen molar-refractivity contribution in [2.75, 3.05) is 19.7 Å². The first kappa shape index (κ1) is 10.7. The van der Waals surface area contributed by atoms with Gasteiger partial charge in [0, 0.05) is 19.5 Å². The molecule has 0 saturated carbocycles. The molecule has 0 spiro atoms. The SMILES string of the molecule is CC(=O)CCN1CCC(=O)OCC1=O. The molecule has 5 heteroatoms. The van der Waals surface area contributed by atoms with Gasteiger partial charge < -0.3 is 9.64 Å². The number of carbonyl (C=O) groups excluding carboxylic acids is 3. The van der Waals surface area contributed by atoms with E-state index in [-0.39, 0.29) is 30.7 Å². The summed E-state index contributed by atoms with van der Waals surface area (Å²) in [6.45, 7) is 2.01. The molecule has 0 radical (unpaired) electrons. The molecule has 0 unspecified atom stereocenters. The number of Topliss-reactive ketones (excluding diaryl/α,β-unsaturated/α-hetero) is 1. The molecule has 0 aromatic rings. The van der Waals surface area contributed by atoms with Crippen LogP contribution in [-0.2, 0) is 19.1 Å². The number of carbonyl (C=O) groups is 3. The van der Waals surface area contributed by atoms with Crippen molar-refractivity contribution >= 4 is 17.7 Å². The Morgan fingerprint density at radius 3 is 2.86 bits per heavy atom. The summed E-state index contributed by atoms with van der Waals surface area (Å²) in [5.74, 6) is -0.546. The number of hydrogen-bond donors (Lipinski definition) is 0. The van der Waals surface area contributed by atoms with Crippen molar-refractivity contribution < 1.29 is 19.1 Å². The van der Waals surface area contributed by atoms with E-state index in [0.29, 0.717) is 19.5 Å². The Bertz CT molecular complexity index is 262. The molecule has 1 aliphatic heterocycles. The molecule has 1 aliphatic rings. The second-order valence-corrected chi connectivity index (χ2v) is 3.24. The van der Waals surface area contributed by atoms with E-state index in [1.54, 1.807) is 0 Å². The van der Waals surface area contributed by atoms with Crippen LogP contribution in [-0.4, -0.2) is 42.3 Å². The van der Waals surface area contributed by atoms with Crippen molar-refractivity contribution in [2.45, 2.75) is 19.8 Å². The van der Waals surface area contributed by atoms with Gasteiger partial charge in [-0.2, -0.15) is 0 Å². The van der Waals surface area contributed by atoms with Crippen LogP contribution in [0.2, 0.25) is 0 Å². The molecule has 14 heavy (non-hydrogen) atoms. The molecule has 1 heterocycles. The number of hydrogen-bond acceptors (Lipinski definition) is 4. The van der Waals surface area contributed by atoms with E-state index in [0.717, 1.165) is 0 Å². The molecule has 78 valence electrons. The number of rotatable bonds is 3. The minimum atomic E-state index is -0.358. The van der Waals surface area contributed by atoms with Crippen molar-refractivity contribution in [3.8, 4) is 0 Å². The maximum atomic E-state index is 11.3. The monoisotopic (exact) mass is 199 g/mol. The van der Waals surface area contributed by atoms with Crippen LogP contribution < -0.4 is 0 Å². The van der Waals surface area contributed by atoms with E-state index in [4.69, 9.17) is 0 Å². The highest BCUT2D eigenvalue weighted by Gasteiger charge is 2.21. The fourth-order valence-electron chi connectivity index (χ4n) is 1.19. The predicted molar refractivity (Wildman–Crippen MR) is 47.5 cm³/mol. The summed E-state index contributed by atoms with van der Waals surface area (Å²) in [6, 6.07) is 0. The van der Waals surface area contributed by atoms with Gasteiger partial charge in [-0.05, 0) is 6.92 Å². The maximum absolute atomic E-state index is 11.3. The quantitative estimate of drug-likeness (QED) is 0.587. The first-order valence-electron chi connectivity index (χ1n) is 4.52. The lowest BCUT2D eigenvalue weighted by Gasteiger charge is -2.17. The summed E-state index contributed by atoms with van der Waals surface area (Å²) in [4.78, 5) is 34.4. The topological polar surface area (TPSA) is 63.7 Å². The number of esters is 1. The van der Waals surface area contributed by atoms with Crippen molar-refractivity contribution in [3.05, 3.63) is 0 Å². The maximum Gasteiger partial charge on any atom is 0.308 e. The largest absolute Gasteiger partial charge is 0.456 e. The van der Waals surface area contributed by atoms with Crippen molar-refractivity contribution in [1.29, 1.82) is 0 Å². The fraction of sp³-hybridized carbons (Fsp3) is 0.667. The van der Waals surface area contributed by atoms with E-state index in [2.05, 4.69) is 4.74 Å².